The van der Waals surface area contributed by atoms with E-state index >= 15 is 0 Å². The number of rotatable bonds is 2. The predicted octanol–water partition coefficient (Wildman–Crippen LogP) is 4.49. The van der Waals surface area contributed by atoms with Crippen LogP contribution in [-0.2, 0) is 7.05 Å². The maximum absolute atomic E-state index is 13.2. The van der Waals surface area contributed by atoms with Gasteiger partial charge in [0.1, 0.15) is 17.2 Å². The van der Waals surface area contributed by atoms with Crippen LogP contribution in [0.15, 0.2) is 54.6 Å². The fourth-order valence-corrected chi connectivity index (χ4v) is 3.00. The second-order valence-corrected chi connectivity index (χ2v) is 5.78. The van der Waals surface area contributed by atoms with Crippen molar-refractivity contribution in [3.05, 3.63) is 65.4 Å². The molecule has 0 saturated carbocycles. The zero-order valence-electron chi connectivity index (χ0n) is 12.7. The molecule has 2 heterocycles. The van der Waals surface area contributed by atoms with E-state index in [9.17, 15) is 4.39 Å². The summed E-state index contributed by atoms with van der Waals surface area (Å²) in [7, 11) is 1.80. The monoisotopic (exact) mass is 338 g/mol. The highest BCUT2D eigenvalue weighted by atomic mass is 35.5. The molecular weight excluding hydrogens is 327 g/mol. The van der Waals surface area contributed by atoms with E-state index in [1.54, 1.807) is 23.9 Å². The van der Waals surface area contributed by atoms with Crippen LogP contribution < -0.4 is 0 Å². The maximum Gasteiger partial charge on any atom is 0.182 e. The highest BCUT2D eigenvalue weighted by Crippen LogP contribution is 2.36. The lowest BCUT2D eigenvalue weighted by atomic mass is 10.1. The average Bonchev–Trinajstić information content (AvgIpc) is 2.95. The first-order valence-electron chi connectivity index (χ1n) is 7.35. The van der Waals surface area contributed by atoms with E-state index in [0.29, 0.717) is 21.9 Å². The third kappa shape index (κ3) is 2.34. The molecule has 0 radical (unpaired) electrons. The number of aryl methyl sites for hydroxylation is 1. The van der Waals surface area contributed by atoms with Gasteiger partial charge in [-0.1, -0.05) is 41.9 Å². The highest BCUT2D eigenvalue weighted by Gasteiger charge is 2.19. The molecule has 0 saturated heterocycles. The van der Waals surface area contributed by atoms with Gasteiger partial charge >= 0.3 is 0 Å². The van der Waals surface area contributed by atoms with Crippen LogP contribution in [0.3, 0.4) is 0 Å². The molecule has 0 spiro atoms. The second kappa shape index (κ2) is 5.69. The molecule has 118 valence electrons. The van der Waals surface area contributed by atoms with Crippen molar-refractivity contribution in [1.29, 1.82) is 0 Å². The van der Waals surface area contributed by atoms with Gasteiger partial charge in [0.15, 0.2) is 5.65 Å². The Labute approximate surface area is 142 Å². The smallest absolute Gasteiger partial charge is 0.182 e. The van der Waals surface area contributed by atoms with Gasteiger partial charge in [-0.05, 0) is 24.3 Å². The fraction of sp³-hybridized carbons (Fsp3) is 0.0556. The molecule has 0 bridgehead atoms. The quantitative estimate of drug-likeness (QED) is 0.541. The van der Waals surface area contributed by atoms with Gasteiger partial charge in [0.05, 0.1) is 10.4 Å². The van der Waals surface area contributed by atoms with E-state index in [2.05, 4.69) is 15.3 Å². The second-order valence-electron chi connectivity index (χ2n) is 5.41. The van der Waals surface area contributed by atoms with Crippen LogP contribution in [0, 0.1) is 5.82 Å². The van der Waals surface area contributed by atoms with Crippen molar-refractivity contribution in [2.24, 2.45) is 7.05 Å². The van der Waals surface area contributed by atoms with Crippen molar-refractivity contribution in [3.8, 4) is 22.5 Å². The number of fused-ring (bicyclic) bond motifs is 1. The molecule has 4 aromatic rings. The SMILES string of the molecule is Cn1nc(-c2ccccc2)c2c(Cl)c(-c3ccc(F)cc3)nnc21. The maximum atomic E-state index is 13.2. The Morgan fingerprint density at radius 1 is 0.875 bits per heavy atom. The lowest BCUT2D eigenvalue weighted by molar-refractivity contribution is 0.628. The van der Waals surface area contributed by atoms with Crippen molar-refractivity contribution < 1.29 is 4.39 Å². The summed E-state index contributed by atoms with van der Waals surface area (Å²) in [5, 5.41) is 14.2. The molecule has 0 aliphatic carbocycles. The molecule has 4 rings (SSSR count). The normalized spacial score (nSPS) is 11.1. The van der Waals surface area contributed by atoms with Gasteiger partial charge in [0.2, 0.25) is 0 Å². The van der Waals surface area contributed by atoms with Crippen molar-refractivity contribution >= 4 is 22.6 Å². The van der Waals surface area contributed by atoms with Crippen LogP contribution in [0.2, 0.25) is 5.02 Å². The number of hydrogen-bond acceptors (Lipinski definition) is 3. The lowest BCUT2D eigenvalue weighted by Gasteiger charge is -2.05. The molecule has 0 atom stereocenters. The van der Waals surface area contributed by atoms with E-state index in [4.69, 9.17) is 11.6 Å². The summed E-state index contributed by atoms with van der Waals surface area (Å²) in [4.78, 5) is 0. The molecule has 0 fully saturated rings. The molecule has 0 aliphatic heterocycles. The summed E-state index contributed by atoms with van der Waals surface area (Å²) in [5.74, 6) is -0.310. The number of halogens is 2. The molecule has 0 aliphatic rings. The fourth-order valence-electron chi connectivity index (χ4n) is 2.68. The minimum Gasteiger partial charge on any atom is -0.248 e. The molecule has 0 N–H and O–H groups in total. The first kappa shape index (κ1) is 14.8. The molecule has 6 heteroatoms. The molecule has 24 heavy (non-hydrogen) atoms. The minimum atomic E-state index is -0.310. The Balaban J connectivity index is 2.00. The number of hydrogen-bond donors (Lipinski definition) is 0. The Hall–Kier alpha value is -2.79. The molecule has 0 unspecified atom stereocenters. The van der Waals surface area contributed by atoms with Gasteiger partial charge in [0.25, 0.3) is 0 Å². The number of nitrogens with zero attached hydrogens (tertiary/aromatic N) is 4. The largest absolute Gasteiger partial charge is 0.248 e. The third-order valence-corrected chi connectivity index (χ3v) is 4.22. The summed E-state index contributed by atoms with van der Waals surface area (Å²) >= 11 is 6.63. The van der Waals surface area contributed by atoms with Crippen molar-refractivity contribution in [3.63, 3.8) is 0 Å². The van der Waals surface area contributed by atoms with Crippen LogP contribution in [0.4, 0.5) is 4.39 Å². The van der Waals surface area contributed by atoms with Gasteiger partial charge in [-0.2, -0.15) is 5.10 Å². The van der Waals surface area contributed by atoms with Crippen molar-refractivity contribution in [2.75, 3.05) is 0 Å². The Bertz CT molecular complexity index is 1030. The summed E-state index contributed by atoms with van der Waals surface area (Å²) in [5.41, 5.74) is 3.51. The third-order valence-electron chi connectivity index (χ3n) is 3.85. The van der Waals surface area contributed by atoms with Gasteiger partial charge in [-0.15, -0.1) is 10.2 Å². The van der Waals surface area contributed by atoms with E-state index in [0.717, 1.165) is 16.6 Å². The van der Waals surface area contributed by atoms with Gasteiger partial charge in [-0.3, -0.25) is 0 Å². The van der Waals surface area contributed by atoms with Crippen LogP contribution in [-0.4, -0.2) is 20.0 Å². The Morgan fingerprint density at radius 3 is 2.25 bits per heavy atom. The number of aromatic nitrogens is 4. The van der Waals surface area contributed by atoms with Crippen LogP contribution in [0.1, 0.15) is 0 Å². The van der Waals surface area contributed by atoms with E-state index < -0.39 is 0 Å². The van der Waals surface area contributed by atoms with Crippen LogP contribution >= 0.6 is 11.6 Å². The van der Waals surface area contributed by atoms with Crippen LogP contribution in [0.5, 0.6) is 0 Å². The first-order chi connectivity index (χ1) is 11.6. The summed E-state index contributed by atoms with van der Waals surface area (Å²) < 4.78 is 14.8. The summed E-state index contributed by atoms with van der Waals surface area (Å²) in [6.07, 6.45) is 0. The molecule has 2 aromatic carbocycles. The lowest BCUT2D eigenvalue weighted by Crippen LogP contribution is -1.95. The predicted molar refractivity (Wildman–Crippen MR) is 92.1 cm³/mol. The van der Waals surface area contributed by atoms with E-state index in [1.165, 1.54) is 12.1 Å². The number of benzene rings is 2. The first-order valence-corrected chi connectivity index (χ1v) is 7.73. The zero-order chi connectivity index (χ0) is 16.7. The highest BCUT2D eigenvalue weighted by molar-refractivity contribution is 6.38. The molecule has 4 nitrogen and oxygen atoms in total. The minimum absolute atomic E-state index is 0.310. The summed E-state index contributed by atoms with van der Waals surface area (Å²) in [6.45, 7) is 0. The Morgan fingerprint density at radius 2 is 1.54 bits per heavy atom. The van der Waals surface area contributed by atoms with E-state index in [1.807, 2.05) is 30.3 Å². The molecule has 2 aromatic heterocycles. The zero-order valence-corrected chi connectivity index (χ0v) is 13.5. The van der Waals surface area contributed by atoms with Crippen molar-refractivity contribution in [2.45, 2.75) is 0 Å². The van der Waals surface area contributed by atoms with Crippen molar-refractivity contribution in [1.82, 2.24) is 20.0 Å². The molecule has 0 amide bonds. The Kier molecular flexibility index (Phi) is 3.50. The standard InChI is InChI=1S/C18H12ClFN4/c1-24-18-14(16(23-24)11-5-3-2-4-6-11)15(19)17(21-22-18)12-7-9-13(20)10-8-12/h2-10H,1H3. The van der Waals surface area contributed by atoms with Gasteiger partial charge < -0.3 is 0 Å². The van der Waals surface area contributed by atoms with Gasteiger partial charge in [-0.25, -0.2) is 9.07 Å². The van der Waals surface area contributed by atoms with Gasteiger partial charge in [0, 0.05) is 18.2 Å². The average molecular weight is 339 g/mol. The molecular formula is C18H12ClFN4. The van der Waals surface area contributed by atoms with E-state index in [-0.39, 0.29) is 5.82 Å². The topological polar surface area (TPSA) is 43.6 Å². The van der Waals surface area contributed by atoms with Crippen LogP contribution in [0.25, 0.3) is 33.5 Å². The summed E-state index contributed by atoms with van der Waals surface area (Å²) in [6, 6.07) is 15.8.